The number of aromatic nitrogens is 2. The molecule has 0 unspecified atom stereocenters. The minimum atomic E-state index is 0.0710. The number of methoxy groups -OCH3 is 2. The SMILES string of the molecule is COc1ccc(-c2cnc3[nH]cc(C4=C(C)CN(C(=O)NC5CCCC5)CC4)c3c2)cc1OC. The van der Waals surface area contributed by atoms with Gasteiger partial charge in [-0.15, -0.1) is 0 Å². The molecular formula is C27H32N4O3. The maximum Gasteiger partial charge on any atom is 0.317 e. The number of hydrogen-bond donors (Lipinski definition) is 2. The van der Waals surface area contributed by atoms with Gasteiger partial charge < -0.3 is 24.7 Å². The average molecular weight is 461 g/mol. The summed E-state index contributed by atoms with van der Waals surface area (Å²) in [5.41, 5.74) is 6.58. The van der Waals surface area contributed by atoms with Gasteiger partial charge in [0.1, 0.15) is 5.65 Å². The van der Waals surface area contributed by atoms with E-state index in [1.54, 1.807) is 14.2 Å². The zero-order valence-electron chi connectivity index (χ0n) is 20.1. The molecule has 1 aliphatic heterocycles. The number of carbonyl (C=O) groups excluding carboxylic acids is 1. The number of benzene rings is 1. The Kier molecular flexibility index (Phi) is 6.18. The number of amides is 2. The third-order valence-electron chi connectivity index (χ3n) is 7.12. The smallest absolute Gasteiger partial charge is 0.317 e. The topological polar surface area (TPSA) is 79.5 Å². The van der Waals surface area contributed by atoms with Crippen LogP contribution in [0.4, 0.5) is 4.79 Å². The highest BCUT2D eigenvalue weighted by Gasteiger charge is 2.25. The summed E-state index contributed by atoms with van der Waals surface area (Å²) in [5.74, 6) is 1.39. The standard InChI is InChI=1S/C27H32N4O3/c1-17-16-31(27(32)30-20-6-4-5-7-20)11-10-21(17)23-15-29-26-22(23)12-19(14-28-26)18-8-9-24(33-2)25(13-18)34-3/h8-9,12-15,20H,4-7,10-11,16H2,1-3H3,(H,28,29)(H,30,32). The monoisotopic (exact) mass is 460 g/mol. The van der Waals surface area contributed by atoms with Crippen molar-refractivity contribution >= 4 is 22.6 Å². The number of urea groups is 1. The van der Waals surface area contributed by atoms with Crippen molar-refractivity contribution < 1.29 is 14.3 Å². The quantitative estimate of drug-likeness (QED) is 0.536. The molecule has 2 amide bonds. The van der Waals surface area contributed by atoms with Crippen LogP contribution in [0.15, 0.2) is 42.2 Å². The molecule has 3 aromatic rings. The number of nitrogens with zero attached hydrogens (tertiary/aromatic N) is 2. The Labute approximate surface area is 200 Å². The van der Waals surface area contributed by atoms with E-state index in [0.29, 0.717) is 24.1 Å². The molecule has 1 saturated carbocycles. The van der Waals surface area contributed by atoms with Crippen molar-refractivity contribution in [3.05, 3.63) is 47.8 Å². The Hall–Kier alpha value is -3.48. The molecule has 1 aliphatic carbocycles. The molecule has 7 heteroatoms. The second-order valence-corrected chi connectivity index (χ2v) is 9.25. The zero-order chi connectivity index (χ0) is 23.7. The van der Waals surface area contributed by atoms with Crippen LogP contribution in [-0.2, 0) is 0 Å². The first kappa shape index (κ1) is 22.3. The second-order valence-electron chi connectivity index (χ2n) is 9.25. The number of aromatic amines is 1. The highest BCUT2D eigenvalue weighted by Crippen LogP contribution is 2.36. The molecule has 1 fully saturated rings. The van der Waals surface area contributed by atoms with Crippen molar-refractivity contribution in [1.82, 2.24) is 20.2 Å². The Morgan fingerprint density at radius 1 is 1.12 bits per heavy atom. The maximum atomic E-state index is 12.8. The summed E-state index contributed by atoms with van der Waals surface area (Å²) >= 11 is 0. The normalized spacial score (nSPS) is 16.9. The van der Waals surface area contributed by atoms with Crippen LogP contribution in [0.2, 0.25) is 0 Å². The maximum absolute atomic E-state index is 12.8. The molecule has 5 rings (SSSR count). The van der Waals surface area contributed by atoms with Gasteiger partial charge in [-0.3, -0.25) is 0 Å². The van der Waals surface area contributed by atoms with Crippen LogP contribution in [0, 0.1) is 0 Å². The lowest BCUT2D eigenvalue weighted by Crippen LogP contribution is -2.46. The summed E-state index contributed by atoms with van der Waals surface area (Å²) in [6.45, 7) is 3.51. The van der Waals surface area contributed by atoms with Crippen LogP contribution in [0.1, 0.15) is 44.6 Å². The van der Waals surface area contributed by atoms with Gasteiger partial charge in [-0.2, -0.15) is 0 Å². The van der Waals surface area contributed by atoms with Gasteiger partial charge in [-0.25, -0.2) is 9.78 Å². The molecule has 3 heterocycles. The van der Waals surface area contributed by atoms with E-state index >= 15 is 0 Å². The van der Waals surface area contributed by atoms with Gasteiger partial charge in [-0.05, 0) is 61.1 Å². The highest BCUT2D eigenvalue weighted by atomic mass is 16.5. The van der Waals surface area contributed by atoms with Crippen molar-refractivity contribution in [2.24, 2.45) is 0 Å². The molecule has 0 saturated heterocycles. The van der Waals surface area contributed by atoms with Crippen molar-refractivity contribution in [3.63, 3.8) is 0 Å². The van der Waals surface area contributed by atoms with E-state index in [2.05, 4.69) is 28.3 Å². The van der Waals surface area contributed by atoms with Gasteiger partial charge >= 0.3 is 6.03 Å². The summed E-state index contributed by atoms with van der Waals surface area (Å²) in [5, 5.41) is 4.31. The number of hydrogen-bond acceptors (Lipinski definition) is 4. The van der Waals surface area contributed by atoms with E-state index in [1.165, 1.54) is 24.0 Å². The fourth-order valence-electron chi connectivity index (χ4n) is 5.22. The zero-order valence-corrected chi connectivity index (χ0v) is 20.1. The molecule has 2 aromatic heterocycles. The number of nitrogens with one attached hydrogen (secondary N) is 2. The molecule has 0 radical (unpaired) electrons. The summed E-state index contributed by atoms with van der Waals surface area (Å²) in [7, 11) is 3.28. The van der Waals surface area contributed by atoms with E-state index in [4.69, 9.17) is 9.47 Å². The molecule has 0 atom stereocenters. The fraction of sp³-hybridized carbons (Fsp3) is 0.407. The minimum Gasteiger partial charge on any atom is -0.493 e. The van der Waals surface area contributed by atoms with Crippen LogP contribution in [0.25, 0.3) is 27.7 Å². The molecule has 1 aromatic carbocycles. The predicted octanol–water partition coefficient (Wildman–Crippen LogP) is 5.38. The largest absolute Gasteiger partial charge is 0.493 e. The van der Waals surface area contributed by atoms with Gasteiger partial charge in [0.2, 0.25) is 0 Å². The van der Waals surface area contributed by atoms with Gasteiger partial charge in [0.25, 0.3) is 0 Å². The number of ether oxygens (including phenoxy) is 2. The van der Waals surface area contributed by atoms with Gasteiger partial charge in [-0.1, -0.05) is 18.9 Å². The summed E-state index contributed by atoms with van der Waals surface area (Å²) in [6, 6.07) is 8.49. The van der Waals surface area contributed by atoms with Crippen LogP contribution in [-0.4, -0.2) is 54.2 Å². The van der Waals surface area contributed by atoms with Crippen LogP contribution < -0.4 is 14.8 Å². The molecule has 34 heavy (non-hydrogen) atoms. The Bertz CT molecular complexity index is 1240. The summed E-state index contributed by atoms with van der Waals surface area (Å²) in [4.78, 5) is 22.7. The third-order valence-corrected chi connectivity index (χ3v) is 7.12. The molecular weight excluding hydrogens is 428 g/mol. The second kappa shape index (κ2) is 9.41. The van der Waals surface area contributed by atoms with Crippen molar-refractivity contribution in [1.29, 1.82) is 0 Å². The molecule has 7 nitrogen and oxygen atoms in total. The molecule has 2 aliphatic rings. The predicted molar refractivity (Wildman–Crippen MR) is 134 cm³/mol. The van der Waals surface area contributed by atoms with E-state index in [1.807, 2.05) is 35.5 Å². The number of H-pyrrole nitrogens is 1. The van der Waals surface area contributed by atoms with E-state index in [9.17, 15) is 4.79 Å². The average Bonchev–Trinajstić information content (AvgIpc) is 3.53. The fourth-order valence-corrected chi connectivity index (χ4v) is 5.22. The lowest BCUT2D eigenvalue weighted by atomic mass is 9.93. The highest BCUT2D eigenvalue weighted by molar-refractivity contribution is 5.94. The first-order valence-electron chi connectivity index (χ1n) is 12.0. The van der Waals surface area contributed by atoms with Gasteiger partial charge in [0.15, 0.2) is 11.5 Å². The summed E-state index contributed by atoms with van der Waals surface area (Å²) in [6.07, 6.45) is 9.39. The van der Waals surface area contributed by atoms with Crippen molar-refractivity contribution in [3.8, 4) is 22.6 Å². The number of rotatable bonds is 5. The van der Waals surface area contributed by atoms with Crippen LogP contribution in [0.3, 0.4) is 0 Å². The summed E-state index contributed by atoms with van der Waals surface area (Å²) < 4.78 is 10.9. The van der Waals surface area contributed by atoms with E-state index in [-0.39, 0.29) is 6.03 Å². The first-order valence-corrected chi connectivity index (χ1v) is 12.0. The van der Waals surface area contributed by atoms with E-state index < -0.39 is 0 Å². The molecule has 0 bridgehead atoms. The van der Waals surface area contributed by atoms with Crippen LogP contribution in [0.5, 0.6) is 11.5 Å². The van der Waals surface area contributed by atoms with Crippen molar-refractivity contribution in [2.45, 2.75) is 45.1 Å². The van der Waals surface area contributed by atoms with Crippen LogP contribution >= 0.6 is 0 Å². The minimum absolute atomic E-state index is 0.0710. The van der Waals surface area contributed by atoms with E-state index in [0.717, 1.165) is 53.5 Å². The third kappa shape index (κ3) is 4.22. The van der Waals surface area contributed by atoms with Gasteiger partial charge in [0.05, 0.1) is 14.2 Å². The molecule has 178 valence electrons. The Morgan fingerprint density at radius 2 is 1.91 bits per heavy atom. The number of fused-ring (bicyclic) bond motifs is 1. The van der Waals surface area contributed by atoms with Crippen molar-refractivity contribution in [2.75, 3.05) is 27.3 Å². The lowest BCUT2D eigenvalue weighted by molar-refractivity contribution is 0.197. The Balaban J connectivity index is 1.41. The van der Waals surface area contributed by atoms with Gasteiger partial charge in [0, 0.05) is 48.0 Å². The molecule has 0 spiro atoms. The molecule has 2 N–H and O–H groups in total. The number of carbonyl (C=O) groups is 1. The lowest BCUT2D eigenvalue weighted by Gasteiger charge is -2.31. The first-order chi connectivity index (χ1) is 16.6. The Morgan fingerprint density at radius 3 is 2.65 bits per heavy atom. The number of pyridine rings is 1.